The molecule has 0 rings (SSSR count). The van der Waals surface area contributed by atoms with Gasteiger partial charge in [0.25, 0.3) is 0 Å². The highest BCUT2D eigenvalue weighted by Gasteiger charge is 2.24. The summed E-state index contributed by atoms with van der Waals surface area (Å²) in [6.45, 7) is 12.3. The Kier molecular flexibility index (Phi) is 5.90. The molecule has 0 aromatic heterocycles. The van der Waals surface area contributed by atoms with E-state index in [1.54, 1.807) is 0 Å². The van der Waals surface area contributed by atoms with Crippen molar-refractivity contribution in [3.63, 3.8) is 0 Å². The summed E-state index contributed by atoms with van der Waals surface area (Å²) < 4.78 is 0. The highest BCUT2D eigenvalue weighted by molar-refractivity contribution is 4.83. The van der Waals surface area contributed by atoms with Crippen LogP contribution in [0, 0.1) is 16.7 Å². The van der Waals surface area contributed by atoms with Gasteiger partial charge in [0.2, 0.25) is 0 Å². The van der Waals surface area contributed by atoms with E-state index in [1.807, 2.05) is 0 Å². The largest absolute Gasteiger partial charge is 0.312 e. The Balaban J connectivity index is 3.71. The molecule has 0 spiro atoms. The summed E-state index contributed by atoms with van der Waals surface area (Å²) in [7, 11) is 0. The van der Waals surface area contributed by atoms with E-state index in [1.165, 1.54) is 0 Å². The number of nitrogens with one attached hydrogen (secondary N) is 1. The normalized spacial score (nSPS) is 12.5. The number of nitrogens with zero attached hydrogens (tertiary/aromatic N) is 1. The van der Waals surface area contributed by atoms with Crippen molar-refractivity contribution in [1.29, 1.82) is 5.26 Å². The third-order valence-electron chi connectivity index (χ3n) is 2.29. The highest BCUT2D eigenvalue weighted by atomic mass is 14.9. The lowest BCUT2D eigenvalue weighted by atomic mass is 9.82. The zero-order valence-electron chi connectivity index (χ0n) is 11.0. The first-order chi connectivity index (χ1) is 6.77. The van der Waals surface area contributed by atoms with Crippen LogP contribution in [0.15, 0.2) is 0 Å². The predicted molar refractivity (Wildman–Crippen MR) is 65.6 cm³/mol. The van der Waals surface area contributed by atoms with E-state index in [0.717, 1.165) is 25.8 Å². The third kappa shape index (κ3) is 9.75. The summed E-state index contributed by atoms with van der Waals surface area (Å²) in [6, 6.07) is 2.18. The molecule has 0 saturated carbocycles. The summed E-state index contributed by atoms with van der Waals surface area (Å²) in [4.78, 5) is 0. The molecule has 0 radical (unpaired) electrons. The van der Waals surface area contributed by atoms with Gasteiger partial charge >= 0.3 is 0 Å². The number of hydrogen-bond acceptors (Lipinski definition) is 2. The summed E-state index contributed by atoms with van der Waals surface area (Å²) in [5, 5.41) is 12.0. The van der Waals surface area contributed by atoms with E-state index in [2.05, 4.69) is 46.0 Å². The maximum absolute atomic E-state index is 8.41. The van der Waals surface area contributed by atoms with Crippen LogP contribution >= 0.6 is 0 Å². The van der Waals surface area contributed by atoms with Gasteiger partial charge in [-0.1, -0.05) is 20.8 Å². The van der Waals surface area contributed by atoms with Crippen LogP contribution < -0.4 is 5.32 Å². The fourth-order valence-corrected chi connectivity index (χ4v) is 2.14. The molecular formula is C13H26N2. The zero-order valence-corrected chi connectivity index (χ0v) is 11.0. The second kappa shape index (κ2) is 6.12. The first kappa shape index (κ1) is 14.5. The van der Waals surface area contributed by atoms with E-state index < -0.39 is 0 Å². The standard InChI is InChI=1S/C13H26N2/c1-12(2,3)11-13(4,5)15-10-8-6-7-9-14/h15H,6-8,10-11H2,1-5H3. The lowest BCUT2D eigenvalue weighted by Crippen LogP contribution is -2.42. The lowest BCUT2D eigenvalue weighted by Gasteiger charge is -2.33. The monoisotopic (exact) mass is 210 g/mol. The molecule has 15 heavy (non-hydrogen) atoms. The molecule has 0 aliphatic carbocycles. The third-order valence-corrected chi connectivity index (χ3v) is 2.29. The molecule has 2 heteroatoms. The second-order valence-electron chi connectivity index (χ2n) is 6.16. The molecular weight excluding hydrogens is 184 g/mol. The Morgan fingerprint density at radius 2 is 1.67 bits per heavy atom. The first-order valence-corrected chi connectivity index (χ1v) is 5.89. The highest BCUT2D eigenvalue weighted by Crippen LogP contribution is 2.26. The number of rotatable bonds is 6. The number of hydrogen-bond donors (Lipinski definition) is 1. The van der Waals surface area contributed by atoms with E-state index in [9.17, 15) is 0 Å². The average Bonchev–Trinajstić information content (AvgIpc) is 1.99. The minimum atomic E-state index is 0.199. The lowest BCUT2D eigenvalue weighted by molar-refractivity contribution is 0.242. The molecule has 0 fully saturated rings. The molecule has 0 saturated heterocycles. The Morgan fingerprint density at radius 3 is 2.13 bits per heavy atom. The van der Waals surface area contributed by atoms with E-state index >= 15 is 0 Å². The van der Waals surface area contributed by atoms with Crippen molar-refractivity contribution in [1.82, 2.24) is 5.32 Å². The maximum atomic E-state index is 8.41. The Morgan fingerprint density at radius 1 is 1.07 bits per heavy atom. The van der Waals surface area contributed by atoms with Gasteiger partial charge in [0.05, 0.1) is 6.07 Å². The molecule has 0 bridgehead atoms. The molecule has 0 aliphatic heterocycles. The van der Waals surface area contributed by atoms with Crippen molar-refractivity contribution in [2.45, 2.75) is 65.8 Å². The Labute approximate surface area is 95.1 Å². The molecule has 0 heterocycles. The minimum absolute atomic E-state index is 0.199. The van der Waals surface area contributed by atoms with Gasteiger partial charge < -0.3 is 5.32 Å². The van der Waals surface area contributed by atoms with Crippen LogP contribution in [0.2, 0.25) is 0 Å². The molecule has 1 N–H and O–H groups in total. The molecule has 0 unspecified atom stereocenters. The van der Waals surface area contributed by atoms with Gasteiger partial charge in [-0.2, -0.15) is 5.26 Å². The van der Waals surface area contributed by atoms with Gasteiger partial charge in [0, 0.05) is 12.0 Å². The van der Waals surface area contributed by atoms with Crippen LogP contribution in [-0.2, 0) is 0 Å². The quantitative estimate of drug-likeness (QED) is 0.681. The van der Waals surface area contributed by atoms with Crippen LogP contribution in [0.4, 0.5) is 0 Å². The van der Waals surface area contributed by atoms with Crippen LogP contribution in [0.1, 0.15) is 60.3 Å². The summed E-state index contributed by atoms with van der Waals surface area (Å²) in [5.74, 6) is 0. The van der Waals surface area contributed by atoms with Crippen molar-refractivity contribution in [2.24, 2.45) is 5.41 Å². The molecule has 88 valence electrons. The van der Waals surface area contributed by atoms with Crippen molar-refractivity contribution in [2.75, 3.05) is 6.54 Å². The predicted octanol–water partition coefficient (Wildman–Crippen LogP) is 3.48. The molecule has 0 aromatic carbocycles. The molecule has 0 aliphatic rings. The van der Waals surface area contributed by atoms with Crippen LogP contribution in [0.25, 0.3) is 0 Å². The van der Waals surface area contributed by atoms with Crippen LogP contribution in [0.3, 0.4) is 0 Å². The van der Waals surface area contributed by atoms with E-state index in [0.29, 0.717) is 11.8 Å². The SMILES string of the molecule is CC(C)(C)CC(C)(C)NCCCCC#N. The Bertz CT molecular complexity index is 206. The second-order valence-corrected chi connectivity index (χ2v) is 6.16. The summed E-state index contributed by atoms with van der Waals surface area (Å²) >= 11 is 0. The fraction of sp³-hybridized carbons (Fsp3) is 0.923. The number of nitriles is 1. The molecule has 2 nitrogen and oxygen atoms in total. The van der Waals surface area contributed by atoms with Crippen molar-refractivity contribution >= 4 is 0 Å². The van der Waals surface area contributed by atoms with Crippen LogP contribution in [0.5, 0.6) is 0 Å². The van der Waals surface area contributed by atoms with Gasteiger partial charge in [-0.3, -0.25) is 0 Å². The number of unbranched alkanes of at least 4 members (excludes halogenated alkanes) is 2. The van der Waals surface area contributed by atoms with E-state index in [4.69, 9.17) is 5.26 Å². The summed E-state index contributed by atoms with van der Waals surface area (Å²) in [6.07, 6.45) is 3.95. The van der Waals surface area contributed by atoms with Crippen molar-refractivity contribution < 1.29 is 0 Å². The summed E-state index contributed by atoms with van der Waals surface area (Å²) in [5.41, 5.74) is 0.564. The topological polar surface area (TPSA) is 35.8 Å². The van der Waals surface area contributed by atoms with Crippen LogP contribution in [-0.4, -0.2) is 12.1 Å². The first-order valence-electron chi connectivity index (χ1n) is 5.89. The zero-order chi connectivity index (χ0) is 11.9. The van der Waals surface area contributed by atoms with Gasteiger partial charge in [0.1, 0.15) is 0 Å². The Hall–Kier alpha value is -0.550. The van der Waals surface area contributed by atoms with Gasteiger partial charge in [-0.05, 0) is 45.1 Å². The smallest absolute Gasteiger partial charge is 0.0621 e. The van der Waals surface area contributed by atoms with Gasteiger partial charge in [-0.25, -0.2) is 0 Å². The van der Waals surface area contributed by atoms with Crippen molar-refractivity contribution in [3.05, 3.63) is 0 Å². The average molecular weight is 210 g/mol. The van der Waals surface area contributed by atoms with E-state index in [-0.39, 0.29) is 5.54 Å². The van der Waals surface area contributed by atoms with Crippen molar-refractivity contribution in [3.8, 4) is 6.07 Å². The molecule has 0 atom stereocenters. The fourth-order valence-electron chi connectivity index (χ4n) is 2.14. The van der Waals surface area contributed by atoms with Gasteiger partial charge in [0.15, 0.2) is 0 Å². The molecule has 0 amide bonds. The maximum Gasteiger partial charge on any atom is 0.0621 e. The molecule has 0 aromatic rings. The minimum Gasteiger partial charge on any atom is -0.312 e. The van der Waals surface area contributed by atoms with Gasteiger partial charge in [-0.15, -0.1) is 0 Å².